The van der Waals surface area contributed by atoms with Crippen LogP contribution >= 0.6 is 43.2 Å². The minimum absolute atomic E-state index is 0.0925. The first-order chi connectivity index (χ1) is 8.58. The summed E-state index contributed by atoms with van der Waals surface area (Å²) < 4.78 is 1.06. The smallest absolute Gasteiger partial charge is 0.258 e. The number of halogens is 2. The molecule has 0 radical (unpaired) electrons. The summed E-state index contributed by atoms with van der Waals surface area (Å²) in [6.07, 6.45) is 0.601. The summed E-state index contributed by atoms with van der Waals surface area (Å²) in [5.41, 5.74) is 0.923. The first-order valence-electron chi connectivity index (χ1n) is 5.19. The molecule has 94 valence electrons. The first kappa shape index (κ1) is 13.7. The Morgan fingerprint density at radius 1 is 1.28 bits per heavy atom. The summed E-state index contributed by atoms with van der Waals surface area (Å²) in [5, 5.41) is 10.9. The highest BCUT2D eigenvalue weighted by Gasteiger charge is 2.17. The standard InChI is InChI=1S/C12H9Br2NO2S/c13-9(11-5-6-12(14)18-11)7-8-3-1-2-4-10(8)15(16)17/h1-6,9H,7H2. The normalized spacial score (nSPS) is 12.3. The number of nitrogens with zero attached hydrogens (tertiary/aromatic N) is 1. The molecule has 3 nitrogen and oxygen atoms in total. The summed E-state index contributed by atoms with van der Waals surface area (Å²) >= 11 is 8.63. The Kier molecular flexibility index (Phi) is 4.53. The number of benzene rings is 1. The third-order valence-electron chi connectivity index (χ3n) is 2.49. The highest BCUT2D eigenvalue weighted by Crippen LogP contribution is 2.36. The second-order valence-corrected chi connectivity index (χ2v) is 7.30. The number of nitro benzene ring substituents is 1. The van der Waals surface area contributed by atoms with Gasteiger partial charge in [-0.1, -0.05) is 34.1 Å². The van der Waals surface area contributed by atoms with Crippen LogP contribution in [-0.2, 0) is 6.42 Å². The van der Waals surface area contributed by atoms with E-state index in [4.69, 9.17) is 0 Å². The zero-order chi connectivity index (χ0) is 13.1. The Morgan fingerprint density at radius 2 is 2.00 bits per heavy atom. The summed E-state index contributed by atoms with van der Waals surface area (Å²) in [6.45, 7) is 0. The van der Waals surface area contributed by atoms with Crippen molar-refractivity contribution in [3.8, 4) is 0 Å². The summed E-state index contributed by atoms with van der Waals surface area (Å²) in [7, 11) is 0. The molecule has 1 aromatic heterocycles. The van der Waals surface area contributed by atoms with Gasteiger partial charge in [-0.2, -0.15) is 0 Å². The third kappa shape index (κ3) is 3.18. The number of hydrogen-bond donors (Lipinski definition) is 0. The molecule has 1 unspecified atom stereocenters. The molecule has 0 aliphatic carbocycles. The van der Waals surface area contributed by atoms with Crippen LogP contribution in [0.15, 0.2) is 40.2 Å². The molecule has 0 spiro atoms. The predicted molar refractivity (Wildman–Crippen MR) is 80.5 cm³/mol. The average Bonchev–Trinajstić information content (AvgIpc) is 2.76. The van der Waals surface area contributed by atoms with E-state index < -0.39 is 0 Å². The predicted octanol–water partition coefficient (Wildman–Crippen LogP) is 5.10. The molecule has 0 saturated heterocycles. The lowest BCUT2D eigenvalue weighted by atomic mass is 10.1. The van der Waals surface area contributed by atoms with Crippen LogP contribution in [0.2, 0.25) is 0 Å². The molecule has 6 heteroatoms. The monoisotopic (exact) mass is 389 g/mol. The van der Waals surface area contributed by atoms with Crippen molar-refractivity contribution in [1.82, 2.24) is 0 Å². The number of thiophene rings is 1. The van der Waals surface area contributed by atoms with Gasteiger partial charge in [-0.25, -0.2) is 0 Å². The van der Waals surface area contributed by atoms with Gasteiger partial charge in [0.15, 0.2) is 0 Å². The molecule has 0 aliphatic heterocycles. The average molecular weight is 391 g/mol. The van der Waals surface area contributed by atoms with Crippen LogP contribution in [0.5, 0.6) is 0 Å². The quantitative estimate of drug-likeness (QED) is 0.414. The zero-order valence-electron chi connectivity index (χ0n) is 9.18. The van der Waals surface area contributed by atoms with E-state index in [-0.39, 0.29) is 15.4 Å². The van der Waals surface area contributed by atoms with Gasteiger partial charge < -0.3 is 0 Å². The van der Waals surface area contributed by atoms with Crippen LogP contribution in [0.4, 0.5) is 5.69 Å². The molecule has 0 amide bonds. The van der Waals surface area contributed by atoms with Crippen LogP contribution in [0.1, 0.15) is 15.3 Å². The molecule has 1 atom stereocenters. The maximum atomic E-state index is 10.9. The fourth-order valence-electron chi connectivity index (χ4n) is 1.65. The highest BCUT2D eigenvalue weighted by molar-refractivity contribution is 9.11. The first-order valence-corrected chi connectivity index (χ1v) is 7.72. The Balaban J connectivity index is 2.21. The van der Waals surface area contributed by atoms with Gasteiger partial charge in [0.25, 0.3) is 5.69 Å². The molecular weight excluding hydrogens is 382 g/mol. The molecule has 2 aromatic rings. The minimum Gasteiger partial charge on any atom is -0.258 e. The van der Waals surface area contributed by atoms with Gasteiger partial charge in [0, 0.05) is 16.5 Å². The van der Waals surface area contributed by atoms with E-state index in [0.717, 1.165) is 14.2 Å². The molecule has 0 N–H and O–H groups in total. The van der Waals surface area contributed by atoms with E-state index in [9.17, 15) is 10.1 Å². The lowest BCUT2D eigenvalue weighted by Crippen LogP contribution is -1.98. The van der Waals surface area contributed by atoms with Crippen LogP contribution < -0.4 is 0 Å². The van der Waals surface area contributed by atoms with Crippen molar-refractivity contribution in [3.05, 3.63) is 60.7 Å². The molecular formula is C12H9Br2NO2S. The molecule has 0 fully saturated rings. The minimum atomic E-state index is -0.334. The third-order valence-corrected chi connectivity index (χ3v) is 5.35. The number of hydrogen-bond acceptors (Lipinski definition) is 3. The zero-order valence-corrected chi connectivity index (χ0v) is 13.2. The summed E-state index contributed by atoms with van der Waals surface area (Å²) in [5.74, 6) is 0. The maximum Gasteiger partial charge on any atom is 0.272 e. The van der Waals surface area contributed by atoms with E-state index in [2.05, 4.69) is 31.9 Å². The van der Waals surface area contributed by atoms with Crippen molar-refractivity contribution >= 4 is 48.9 Å². The van der Waals surface area contributed by atoms with Crippen molar-refractivity contribution in [2.24, 2.45) is 0 Å². The van der Waals surface area contributed by atoms with Crippen LogP contribution in [-0.4, -0.2) is 4.92 Å². The van der Waals surface area contributed by atoms with Crippen molar-refractivity contribution in [3.63, 3.8) is 0 Å². The van der Waals surface area contributed by atoms with Crippen molar-refractivity contribution in [2.45, 2.75) is 11.2 Å². The second-order valence-electron chi connectivity index (χ2n) is 3.70. The number of para-hydroxylation sites is 1. The number of alkyl halides is 1. The van der Waals surface area contributed by atoms with Gasteiger partial charge in [0.2, 0.25) is 0 Å². The van der Waals surface area contributed by atoms with Crippen molar-refractivity contribution < 1.29 is 4.92 Å². The molecule has 1 heterocycles. The van der Waals surface area contributed by atoms with Crippen LogP contribution in [0, 0.1) is 10.1 Å². The molecule has 2 rings (SSSR count). The number of rotatable bonds is 4. The van der Waals surface area contributed by atoms with Gasteiger partial charge in [-0.05, 0) is 34.5 Å². The SMILES string of the molecule is O=[N+]([O-])c1ccccc1CC(Br)c1ccc(Br)s1. The Bertz CT molecular complexity index is 571. The molecule has 0 aliphatic rings. The lowest BCUT2D eigenvalue weighted by molar-refractivity contribution is -0.385. The Labute approximate surface area is 125 Å². The topological polar surface area (TPSA) is 43.1 Å². The highest BCUT2D eigenvalue weighted by atomic mass is 79.9. The van der Waals surface area contributed by atoms with E-state index in [0.29, 0.717) is 6.42 Å². The molecule has 18 heavy (non-hydrogen) atoms. The van der Waals surface area contributed by atoms with Gasteiger partial charge >= 0.3 is 0 Å². The largest absolute Gasteiger partial charge is 0.272 e. The molecule has 0 bridgehead atoms. The maximum absolute atomic E-state index is 10.9. The van der Waals surface area contributed by atoms with E-state index in [1.807, 2.05) is 18.2 Å². The summed E-state index contributed by atoms with van der Waals surface area (Å²) in [4.78, 5) is 11.8. The number of nitro groups is 1. The summed E-state index contributed by atoms with van der Waals surface area (Å²) in [6, 6.07) is 10.9. The van der Waals surface area contributed by atoms with Crippen LogP contribution in [0.25, 0.3) is 0 Å². The Morgan fingerprint density at radius 3 is 2.61 bits per heavy atom. The van der Waals surface area contributed by atoms with E-state index >= 15 is 0 Å². The fraction of sp³-hybridized carbons (Fsp3) is 0.167. The Hall–Kier alpha value is -0.720. The second kappa shape index (κ2) is 5.95. The van der Waals surface area contributed by atoms with Crippen molar-refractivity contribution in [2.75, 3.05) is 0 Å². The van der Waals surface area contributed by atoms with Gasteiger partial charge in [0.05, 0.1) is 13.5 Å². The van der Waals surface area contributed by atoms with E-state index in [1.165, 1.54) is 0 Å². The van der Waals surface area contributed by atoms with Gasteiger partial charge in [-0.15, -0.1) is 11.3 Å². The van der Waals surface area contributed by atoms with Gasteiger partial charge in [0.1, 0.15) is 0 Å². The van der Waals surface area contributed by atoms with E-state index in [1.54, 1.807) is 29.5 Å². The molecule has 0 saturated carbocycles. The van der Waals surface area contributed by atoms with Crippen molar-refractivity contribution in [1.29, 1.82) is 0 Å². The fourth-order valence-corrected chi connectivity index (χ4v) is 3.84. The van der Waals surface area contributed by atoms with Gasteiger partial charge in [-0.3, -0.25) is 10.1 Å². The lowest BCUT2D eigenvalue weighted by Gasteiger charge is -2.07. The van der Waals surface area contributed by atoms with Crippen LogP contribution in [0.3, 0.4) is 0 Å². The molecule has 1 aromatic carbocycles.